The molecule has 0 unspecified atom stereocenters. The van der Waals surface area contributed by atoms with Gasteiger partial charge in [0.1, 0.15) is 0 Å². The second-order valence-corrected chi connectivity index (χ2v) is 4.50. The number of rotatable bonds is 2. The minimum atomic E-state index is -0.411. The van der Waals surface area contributed by atoms with E-state index in [0.29, 0.717) is 32.6 Å². The van der Waals surface area contributed by atoms with Crippen LogP contribution in [0.2, 0.25) is 0 Å². The normalized spacial score (nSPS) is 17.9. The molecule has 1 atom stereocenters. The molecule has 6 nitrogen and oxygen atoms in total. The smallest absolute Gasteiger partial charge is 0.319 e. The zero-order valence-electron chi connectivity index (χ0n) is 10.8. The van der Waals surface area contributed by atoms with Crippen LogP contribution in [0.15, 0.2) is 0 Å². The summed E-state index contributed by atoms with van der Waals surface area (Å²) in [7, 11) is 3.46. The minimum absolute atomic E-state index is 0.00288. The van der Waals surface area contributed by atoms with Gasteiger partial charge in [-0.2, -0.15) is 0 Å². The molecule has 3 amide bonds. The van der Waals surface area contributed by atoms with E-state index in [0.717, 1.165) is 0 Å². The molecule has 0 aromatic carbocycles. The molecular weight excluding hydrogens is 220 g/mol. The Kier molecular flexibility index (Phi) is 4.74. The average Bonchev–Trinajstić information content (AvgIpc) is 2.36. The maximum atomic E-state index is 11.8. The van der Waals surface area contributed by atoms with Gasteiger partial charge in [-0.05, 0) is 6.42 Å². The van der Waals surface area contributed by atoms with Crippen LogP contribution in [0.5, 0.6) is 0 Å². The molecule has 1 aliphatic heterocycles. The number of carbonyl (C=O) groups is 2. The lowest BCUT2D eigenvalue weighted by Crippen LogP contribution is -2.55. The van der Waals surface area contributed by atoms with Crippen LogP contribution in [-0.4, -0.2) is 73.0 Å². The summed E-state index contributed by atoms with van der Waals surface area (Å²) in [5.74, 6) is -0.00977. The van der Waals surface area contributed by atoms with Gasteiger partial charge in [0.05, 0.1) is 6.04 Å². The van der Waals surface area contributed by atoms with Gasteiger partial charge in [0, 0.05) is 40.3 Å². The maximum Gasteiger partial charge on any atom is 0.319 e. The Bertz CT molecular complexity index is 285. The summed E-state index contributed by atoms with van der Waals surface area (Å²) in [6.07, 6.45) is 0.648. The van der Waals surface area contributed by atoms with Crippen LogP contribution >= 0.6 is 0 Å². The van der Waals surface area contributed by atoms with Crippen LogP contribution < -0.4 is 5.73 Å². The van der Waals surface area contributed by atoms with Crippen molar-refractivity contribution in [2.45, 2.75) is 19.4 Å². The quantitative estimate of drug-likeness (QED) is 0.713. The zero-order chi connectivity index (χ0) is 13.0. The standard InChI is InChI=1S/C11H22N4O2/c1-4-9(12)10(16)14-5-7-15(8-6-14)11(17)13(2)3/h9H,4-8,12H2,1-3H3/t9-/m0/s1. The SMILES string of the molecule is CC[C@H](N)C(=O)N1CCN(C(=O)N(C)C)CC1. The number of hydrogen-bond donors (Lipinski definition) is 1. The fourth-order valence-electron chi connectivity index (χ4n) is 1.81. The maximum absolute atomic E-state index is 11.8. The fraction of sp³-hybridized carbons (Fsp3) is 0.818. The highest BCUT2D eigenvalue weighted by Crippen LogP contribution is 2.06. The Morgan fingerprint density at radius 1 is 1.18 bits per heavy atom. The molecule has 17 heavy (non-hydrogen) atoms. The van der Waals surface area contributed by atoms with Crippen LogP contribution in [-0.2, 0) is 4.79 Å². The van der Waals surface area contributed by atoms with E-state index in [1.54, 1.807) is 28.8 Å². The van der Waals surface area contributed by atoms with Crippen molar-refractivity contribution in [3.05, 3.63) is 0 Å². The molecule has 0 aliphatic carbocycles. The summed E-state index contributed by atoms with van der Waals surface area (Å²) >= 11 is 0. The third-order valence-corrected chi connectivity index (χ3v) is 3.00. The first kappa shape index (κ1) is 13.8. The van der Waals surface area contributed by atoms with Crippen molar-refractivity contribution in [1.29, 1.82) is 0 Å². The summed E-state index contributed by atoms with van der Waals surface area (Å²) in [6.45, 7) is 4.21. The lowest BCUT2D eigenvalue weighted by atomic mass is 10.2. The van der Waals surface area contributed by atoms with E-state index in [1.165, 1.54) is 0 Å². The second-order valence-electron chi connectivity index (χ2n) is 4.50. The van der Waals surface area contributed by atoms with E-state index in [2.05, 4.69) is 0 Å². The van der Waals surface area contributed by atoms with Crippen molar-refractivity contribution >= 4 is 11.9 Å². The van der Waals surface area contributed by atoms with Crippen LogP contribution in [0, 0.1) is 0 Å². The monoisotopic (exact) mass is 242 g/mol. The molecular formula is C11H22N4O2. The van der Waals surface area contributed by atoms with E-state index in [9.17, 15) is 9.59 Å². The van der Waals surface area contributed by atoms with Crippen molar-refractivity contribution in [2.75, 3.05) is 40.3 Å². The summed E-state index contributed by atoms with van der Waals surface area (Å²) < 4.78 is 0. The van der Waals surface area contributed by atoms with E-state index in [1.807, 2.05) is 6.92 Å². The van der Waals surface area contributed by atoms with Gasteiger partial charge in [-0.1, -0.05) is 6.92 Å². The molecule has 0 spiro atoms. The van der Waals surface area contributed by atoms with Crippen molar-refractivity contribution in [1.82, 2.24) is 14.7 Å². The molecule has 0 aromatic heterocycles. The van der Waals surface area contributed by atoms with Crippen LogP contribution in [0.4, 0.5) is 4.79 Å². The summed E-state index contributed by atoms with van der Waals surface area (Å²) in [5, 5.41) is 0. The number of nitrogens with two attached hydrogens (primary N) is 1. The highest BCUT2D eigenvalue weighted by molar-refractivity contribution is 5.82. The second kappa shape index (κ2) is 5.86. The number of piperazine rings is 1. The first-order valence-corrected chi connectivity index (χ1v) is 5.98. The number of carbonyl (C=O) groups excluding carboxylic acids is 2. The first-order valence-electron chi connectivity index (χ1n) is 5.98. The molecule has 98 valence electrons. The van der Waals surface area contributed by atoms with Gasteiger partial charge >= 0.3 is 6.03 Å². The van der Waals surface area contributed by atoms with E-state index in [-0.39, 0.29) is 11.9 Å². The van der Waals surface area contributed by atoms with Gasteiger partial charge in [-0.3, -0.25) is 4.79 Å². The molecule has 0 bridgehead atoms. The van der Waals surface area contributed by atoms with Crippen molar-refractivity contribution in [2.24, 2.45) is 5.73 Å². The third-order valence-electron chi connectivity index (χ3n) is 3.00. The molecule has 0 aromatic rings. The van der Waals surface area contributed by atoms with Crippen molar-refractivity contribution < 1.29 is 9.59 Å². The predicted octanol–water partition coefficient (Wildman–Crippen LogP) is -0.450. The molecule has 6 heteroatoms. The van der Waals surface area contributed by atoms with Gasteiger partial charge in [0.25, 0.3) is 0 Å². The van der Waals surface area contributed by atoms with Crippen LogP contribution in [0.1, 0.15) is 13.3 Å². The van der Waals surface area contributed by atoms with Crippen molar-refractivity contribution in [3.63, 3.8) is 0 Å². The Hall–Kier alpha value is -1.30. The Morgan fingerprint density at radius 2 is 1.65 bits per heavy atom. The Balaban J connectivity index is 2.46. The fourth-order valence-corrected chi connectivity index (χ4v) is 1.81. The molecule has 1 aliphatic rings. The minimum Gasteiger partial charge on any atom is -0.338 e. The molecule has 2 N–H and O–H groups in total. The van der Waals surface area contributed by atoms with Gasteiger partial charge in [-0.25, -0.2) is 4.79 Å². The topological polar surface area (TPSA) is 69.9 Å². The Morgan fingerprint density at radius 3 is 2.06 bits per heavy atom. The number of amides is 3. The van der Waals surface area contributed by atoms with E-state index < -0.39 is 6.04 Å². The number of hydrogen-bond acceptors (Lipinski definition) is 3. The molecule has 1 saturated heterocycles. The van der Waals surface area contributed by atoms with E-state index >= 15 is 0 Å². The van der Waals surface area contributed by atoms with Gasteiger partial charge in [-0.15, -0.1) is 0 Å². The third kappa shape index (κ3) is 3.33. The summed E-state index contributed by atoms with van der Waals surface area (Å²) in [4.78, 5) is 28.6. The van der Waals surface area contributed by atoms with Gasteiger partial charge in [0.2, 0.25) is 5.91 Å². The molecule has 0 radical (unpaired) electrons. The average molecular weight is 242 g/mol. The lowest BCUT2D eigenvalue weighted by molar-refractivity contribution is -0.134. The molecule has 1 heterocycles. The highest BCUT2D eigenvalue weighted by atomic mass is 16.2. The molecule has 1 rings (SSSR count). The van der Waals surface area contributed by atoms with Crippen LogP contribution in [0.25, 0.3) is 0 Å². The largest absolute Gasteiger partial charge is 0.338 e. The van der Waals surface area contributed by atoms with Crippen LogP contribution in [0.3, 0.4) is 0 Å². The predicted molar refractivity (Wildman–Crippen MR) is 65.5 cm³/mol. The number of nitrogens with zero attached hydrogens (tertiary/aromatic N) is 3. The van der Waals surface area contributed by atoms with Gasteiger partial charge in [0.15, 0.2) is 0 Å². The van der Waals surface area contributed by atoms with E-state index in [4.69, 9.17) is 5.73 Å². The first-order chi connectivity index (χ1) is 7.97. The van der Waals surface area contributed by atoms with Crippen molar-refractivity contribution in [3.8, 4) is 0 Å². The number of urea groups is 1. The summed E-state index contributed by atoms with van der Waals surface area (Å²) in [5.41, 5.74) is 5.71. The molecule has 1 fully saturated rings. The molecule has 0 saturated carbocycles. The Labute approximate surface area is 102 Å². The van der Waals surface area contributed by atoms with Gasteiger partial charge < -0.3 is 20.4 Å². The zero-order valence-corrected chi connectivity index (χ0v) is 10.8. The lowest BCUT2D eigenvalue weighted by Gasteiger charge is -2.36. The summed E-state index contributed by atoms with van der Waals surface area (Å²) in [6, 6.07) is -0.414. The highest BCUT2D eigenvalue weighted by Gasteiger charge is 2.26.